The van der Waals surface area contributed by atoms with Crippen LogP contribution < -0.4 is 10.3 Å². The van der Waals surface area contributed by atoms with Gasteiger partial charge < -0.3 is 5.32 Å². The molecule has 122 valence electrons. The summed E-state index contributed by atoms with van der Waals surface area (Å²) in [7, 11) is 0. The zero-order valence-electron chi connectivity index (χ0n) is 13.9. The highest BCUT2D eigenvalue weighted by Gasteiger charge is 2.14. The number of para-hydroxylation sites is 1. The maximum Gasteiger partial charge on any atom is 0.0702 e. The number of terminal acetylenes is 1. The van der Waals surface area contributed by atoms with Crippen LogP contribution in [0.2, 0.25) is 0 Å². The van der Waals surface area contributed by atoms with E-state index in [2.05, 4.69) is 63.3 Å². The van der Waals surface area contributed by atoms with Gasteiger partial charge in [-0.25, -0.2) is 0 Å². The molecule has 0 atom stereocenters. The van der Waals surface area contributed by atoms with Crippen molar-refractivity contribution in [1.82, 2.24) is 15.0 Å². The average molecular weight is 318 g/mol. The molecule has 0 saturated carbocycles. The summed E-state index contributed by atoms with van der Waals surface area (Å²) in [6.45, 7) is 4.45. The zero-order valence-corrected chi connectivity index (χ0v) is 13.9. The molecule has 0 bridgehead atoms. The highest BCUT2D eigenvalue weighted by Crippen LogP contribution is 2.25. The Labute approximate surface area is 143 Å². The van der Waals surface area contributed by atoms with E-state index in [4.69, 9.17) is 6.42 Å². The fraction of sp³-hybridized carbons (Fsp3) is 0.250. The van der Waals surface area contributed by atoms with Crippen molar-refractivity contribution in [3.63, 3.8) is 0 Å². The molecular weight excluding hydrogens is 296 g/mol. The molecule has 0 spiro atoms. The first-order chi connectivity index (χ1) is 11.8. The number of aromatic nitrogens is 2. The Morgan fingerprint density at radius 2 is 2.00 bits per heavy atom. The lowest BCUT2D eigenvalue weighted by molar-refractivity contribution is 0.689. The van der Waals surface area contributed by atoms with Crippen molar-refractivity contribution in [2.75, 3.05) is 18.1 Å². The lowest BCUT2D eigenvalue weighted by atomic mass is 10.2. The number of fused-ring (bicyclic) bond motifs is 1. The number of anilines is 1. The van der Waals surface area contributed by atoms with Gasteiger partial charge in [-0.15, -0.1) is 6.42 Å². The normalized spacial score (nSPS) is 10.7. The molecule has 0 radical (unpaired) electrons. The minimum absolute atomic E-state index is 0.572. The summed E-state index contributed by atoms with van der Waals surface area (Å²) in [5.74, 6) is 2.63. The first kappa shape index (κ1) is 16.1. The molecule has 0 fully saturated rings. The van der Waals surface area contributed by atoms with Crippen molar-refractivity contribution in [1.29, 1.82) is 0 Å². The van der Waals surface area contributed by atoms with Crippen LogP contribution >= 0.6 is 0 Å². The molecule has 0 unspecified atom stereocenters. The molecule has 0 aliphatic heterocycles. The van der Waals surface area contributed by atoms with Crippen molar-refractivity contribution in [2.24, 2.45) is 0 Å². The molecule has 1 N–H and O–H groups in total. The summed E-state index contributed by atoms with van der Waals surface area (Å²) >= 11 is 0. The predicted octanol–water partition coefficient (Wildman–Crippen LogP) is 3.44. The number of rotatable bonds is 7. The van der Waals surface area contributed by atoms with Gasteiger partial charge in [0.15, 0.2) is 0 Å². The molecular formula is C20H22N4. The van der Waals surface area contributed by atoms with Crippen LogP contribution in [-0.4, -0.2) is 22.7 Å². The molecule has 0 saturated heterocycles. The van der Waals surface area contributed by atoms with Crippen LogP contribution in [-0.2, 0) is 6.54 Å². The van der Waals surface area contributed by atoms with E-state index in [-0.39, 0.29) is 0 Å². The second kappa shape index (κ2) is 7.67. The van der Waals surface area contributed by atoms with Gasteiger partial charge in [0.05, 0.1) is 17.7 Å². The van der Waals surface area contributed by atoms with Crippen LogP contribution in [0.3, 0.4) is 0 Å². The number of nitrogens with zero attached hydrogens (tertiary/aromatic N) is 3. The summed E-state index contributed by atoms with van der Waals surface area (Å²) < 4.78 is 2.24. The van der Waals surface area contributed by atoms with Gasteiger partial charge in [0, 0.05) is 37.1 Å². The number of benzene rings is 1. The third-order valence-corrected chi connectivity index (χ3v) is 3.97. The molecule has 24 heavy (non-hydrogen) atoms. The summed E-state index contributed by atoms with van der Waals surface area (Å²) in [4.78, 5) is 4.13. The molecule has 2 aromatic heterocycles. The average Bonchev–Trinajstić information content (AvgIpc) is 2.99. The van der Waals surface area contributed by atoms with Gasteiger partial charge >= 0.3 is 0 Å². The topological polar surface area (TPSA) is 33.1 Å². The SMILES string of the molecule is C#CCNCc1cn(N(CCC)c2ccncc2)c2ccccc12. The van der Waals surface area contributed by atoms with Crippen LogP contribution in [0.25, 0.3) is 10.9 Å². The van der Waals surface area contributed by atoms with Crippen LogP contribution in [0.15, 0.2) is 55.0 Å². The maximum atomic E-state index is 5.34. The van der Waals surface area contributed by atoms with Crippen molar-refractivity contribution in [3.8, 4) is 12.3 Å². The van der Waals surface area contributed by atoms with Crippen molar-refractivity contribution in [3.05, 3.63) is 60.6 Å². The van der Waals surface area contributed by atoms with Crippen LogP contribution in [0.4, 0.5) is 5.69 Å². The van der Waals surface area contributed by atoms with Crippen LogP contribution in [0.1, 0.15) is 18.9 Å². The van der Waals surface area contributed by atoms with E-state index in [1.165, 1.54) is 16.5 Å². The van der Waals surface area contributed by atoms with Crippen molar-refractivity contribution in [2.45, 2.75) is 19.9 Å². The van der Waals surface area contributed by atoms with Gasteiger partial charge in [-0.2, -0.15) is 0 Å². The van der Waals surface area contributed by atoms with Crippen molar-refractivity contribution >= 4 is 16.6 Å². The number of hydrogen-bond acceptors (Lipinski definition) is 3. The van der Waals surface area contributed by atoms with Gasteiger partial charge in [-0.05, 0) is 30.2 Å². The van der Waals surface area contributed by atoms with E-state index in [0.29, 0.717) is 6.54 Å². The molecule has 2 heterocycles. The molecule has 4 nitrogen and oxygen atoms in total. The fourth-order valence-electron chi connectivity index (χ4n) is 2.93. The number of hydrogen-bond donors (Lipinski definition) is 1. The molecule has 0 aliphatic carbocycles. The first-order valence-corrected chi connectivity index (χ1v) is 8.26. The van der Waals surface area contributed by atoms with E-state index >= 15 is 0 Å². The summed E-state index contributed by atoms with van der Waals surface area (Å²) in [6.07, 6.45) is 12.3. The van der Waals surface area contributed by atoms with Gasteiger partial charge in [0.1, 0.15) is 0 Å². The smallest absolute Gasteiger partial charge is 0.0702 e. The van der Waals surface area contributed by atoms with Gasteiger partial charge in [0.25, 0.3) is 0 Å². The Kier molecular flexibility index (Phi) is 5.15. The second-order valence-corrected chi connectivity index (χ2v) is 5.65. The van der Waals surface area contributed by atoms with E-state index in [9.17, 15) is 0 Å². The molecule has 1 aromatic carbocycles. The van der Waals surface area contributed by atoms with E-state index in [1.54, 1.807) is 0 Å². The minimum Gasteiger partial charge on any atom is -0.302 e. The third-order valence-electron chi connectivity index (χ3n) is 3.97. The quantitative estimate of drug-likeness (QED) is 0.535. The highest BCUT2D eigenvalue weighted by molar-refractivity contribution is 5.84. The molecule has 0 aliphatic rings. The van der Waals surface area contributed by atoms with E-state index in [0.717, 1.165) is 25.2 Å². The molecule has 3 aromatic rings. The first-order valence-electron chi connectivity index (χ1n) is 8.26. The number of nitrogens with one attached hydrogen (secondary N) is 1. The predicted molar refractivity (Wildman–Crippen MR) is 99.7 cm³/mol. The monoisotopic (exact) mass is 318 g/mol. The second-order valence-electron chi connectivity index (χ2n) is 5.65. The van der Waals surface area contributed by atoms with Crippen molar-refractivity contribution < 1.29 is 0 Å². The van der Waals surface area contributed by atoms with Gasteiger partial charge in [-0.1, -0.05) is 31.0 Å². The maximum absolute atomic E-state index is 5.34. The Morgan fingerprint density at radius 3 is 2.75 bits per heavy atom. The Morgan fingerprint density at radius 1 is 1.21 bits per heavy atom. The molecule has 3 rings (SSSR count). The minimum atomic E-state index is 0.572. The summed E-state index contributed by atoms with van der Waals surface area (Å²) in [5, 5.41) is 6.82. The number of pyridine rings is 1. The molecule has 0 amide bonds. The summed E-state index contributed by atoms with van der Waals surface area (Å²) in [5.41, 5.74) is 3.58. The Balaban J connectivity index is 2.05. The standard InChI is InChI=1S/C20H22N4/c1-3-11-22-15-17-16-24(20-8-6-5-7-19(17)20)23(14-4-2)18-9-12-21-13-10-18/h1,5-10,12-13,16,22H,4,11,14-15H2,2H3. The van der Waals surface area contributed by atoms with E-state index < -0.39 is 0 Å². The Hall–Kier alpha value is -2.77. The van der Waals surface area contributed by atoms with Crippen LogP contribution in [0, 0.1) is 12.3 Å². The summed E-state index contributed by atoms with van der Waals surface area (Å²) in [6, 6.07) is 12.6. The zero-order chi connectivity index (χ0) is 16.8. The lowest BCUT2D eigenvalue weighted by Gasteiger charge is -2.26. The largest absolute Gasteiger partial charge is 0.302 e. The van der Waals surface area contributed by atoms with Gasteiger partial charge in [0.2, 0.25) is 0 Å². The lowest BCUT2D eigenvalue weighted by Crippen LogP contribution is -2.29. The van der Waals surface area contributed by atoms with E-state index in [1.807, 2.05) is 24.5 Å². The third kappa shape index (κ3) is 3.27. The molecule has 4 heteroatoms. The van der Waals surface area contributed by atoms with Crippen LogP contribution in [0.5, 0.6) is 0 Å². The van der Waals surface area contributed by atoms with Gasteiger partial charge in [-0.3, -0.25) is 14.7 Å². The highest BCUT2D eigenvalue weighted by atomic mass is 15.5. The fourth-order valence-corrected chi connectivity index (χ4v) is 2.93. The Bertz CT molecular complexity index is 830.